The number of carbonyl (C=O) groups excluding carboxylic acids is 1. The summed E-state index contributed by atoms with van der Waals surface area (Å²) in [6.07, 6.45) is 1.99. The summed E-state index contributed by atoms with van der Waals surface area (Å²) in [5.74, 6) is 0.939. The number of carbonyl (C=O) groups is 1. The van der Waals surface area contributed by atoms with Crippen LogP contribution in [-0.4, -0.2) is 13.0 Å². The Labute approximate surface area is 94.8 Å². The predicted molar refractivity (Wildman–Crippen MR) is 62.2 cm³/mol. The first kappa shape index (κ1) is 11.0. The smallest absolute Gasteiger partial charge is 0.227 e. The molecule has 0 radical (unpaired) electrons. The minimum absolute atomic E-state index is 0.0822. The van der Waals surface area contributed by atoms with Gasteiger partial charge in [-0.05, 0) is 30.5 Å². The SMILES string of the molecule is COc1cc(CN)ccc1NC(=O)C1CC1. The van der Waals surface area contributed by atoms with Crippen molar-refractivity contribution in [2.24, 2.45) is 11.7 Å². The molecule has 4 heteroatoms. The van der Waals surface area contributed by atoms with Gasteiger partial charge in [-0.1, -0.05) is 6.07 Å². The molecule has 1 saturated carbocycles. The van der Waals surface area contributed by atoms with Gasteiger partial charge in [0, 0.05) is 12.5 Å². The van der Waals surface area contributed by atoms with E-state index in [0.29, 0.717) is 12.3 Å². The second-order valence-electron chi connectivity index (χ2n) is 4.00. The summed E-state index contributed by atoms with van der Waals surface area (Å²) in [5, 5.41) is 2.87. The fourth-order valence-corrected chi connectivity index (χ4v) is 1.55. The number of hydrogen-bond donors (Lipinski definition) is 2. The number of amides is 1. The van der Waals surface area contributed by atoms with Crippen LogP contribution in [0.4, 0.5) is 5.69 Å². The van der Waals surface area contributed by atoms with Gasteiger partial charge in [0.25, 0.3) is 0 Å². The van der Waals surface area contributed by atoms with Crippen LogP contribution in [0, 0.1) is 5.92 Å². The van der Waals surface area contributed by atoms with Crippen LogP contribution in [0.3, 0.4) is 0 Å². The van der Waals surface area contributed by atoms with Gasteiger partial charge in [-0.3, -0.25) is 4.79 Å². The van der Waals surface area contributed by atoms with E-state index < -0.39 is 0 Å². The maximum absolute atomic E-state index is 11.6. The number of anilines is 1. The number of rotatable bonds is 4. The lowest BCUT2D eigenvalue weighted by Gasteiger charge is -2.11. The standard InChI is InChI=1S/C12H16N2O2/c1-16-11-6-8(7-13)2-5-10(11)14-12(15)9-3-4-9/h2,5-6,9H,3-4,7,13H2,1H3,(H,14,15). The molecule has 0 atom stereocenters. The zero-order chi connectivity index (χ0) is 11.5. The van der Waals surface area contributed by atoms with Crippen molar-refractivity contribution in [1.82, 2.24) is 0 Å². The summed E-state index contributed by atoms with van der Waals surface area (Å²) < 4.78 is 5.22. The maximum atomic E-state index is 11.6. The number of hydrogen-bond acceptors (Lipinski definition) is 3. The molecule has 1 amide bonds. The summed E-state index contributed by atoms with van der Waals surface area (Å²) in [6, 6.07) is 5.58. The third-order valence-electron chi connectivity index (χ3n) is 2.71. The van der Waals surface area contributed by atoms with Crippen molar-refractivity contribution >= 4 is 11.6 Å². The molecule has 0 aromatic heterocycles. The van der Waals surface area contributed by atoms with E-state index in [1.165, 1.54) is 0 Å². The summed E-state index contributed by atoms with van der Waals surface area (Å²) in [6.45, 7) is 0.465. The van der Waals surface area contributed by atoms with Crippen molar-refractivity contribution < 1.29 is 9.53 Å². The maximum Gasteiger partial charge on any atom is 0.227 e. The quantitative estimate of drug-likeness (QED) is 0.808. The molecular weight excluding hydrogens is 204 g/mol. The molecule has 1 aliphatic rings. The Morgan fingerprint density at radius 3 is 2.88 bits per heavy atom. The van der Waals surface area contributed by atoms with Gasteiger partial charge in [-0.25, -0.2) is 0 Å². The molecule has 0 aliphatic heterocycles. The van der Waals surface area contributed by atoms with Crippen LogP contribution in [0.25, 0.3) is 0 Å². The van der Waals surface area contributed by atoms with E-state index in [1.54, 1.807) is 7.11 Å². The first-order chi connectivity index (χ1) is 7.74. The van der Waals surface area contributed by atoms with Gasteiger partial charge in [-0.15, -0.1) is 0 Å². The third-order valence-corrected chi connectivity index (χ3v) is 2.71. The molecule has 2 rings (SSSR count). The highest BCUT2D eigenvalue weighted by Gasteiger charge is 2.30. The Balaban J connectivity index is 2.15. The molecule has 0 spiro atoms. The fourth-order valence-electron chi connectivity index (χ4n) is 1.55. The summed E-state index contributed by atoms with van der Waals surface area (Å²) >= 11 is 0. The Morgan fingerprint density at radius 2 is 2.31 bits per heavy atom. The largest absolute Gasteiger partial charge is 0.495 e. The third kappa shape index (κ3) is 2.33. The predicted octanol–water partition coefficient (Wildman–Crippen LogP) is 1.50. The van der Waals surface area contributed by atoms with Crippen LogP contribution in [0.5, 0.6) is 5.75 Å². The zero-order valence-electron chi connectivity index (χ0n) is 9.32. The minimum Gasteiger partial charge on any atom is -0.495 e. The highest BCUT2D eigenvalue weighted by atomic mass is 16.5. The zero-order valence-corrected chi connectivity index (χ0v) is 9.32. The number of ether oxygens (including phenoxy) is 1. The summed E-state index contributed by atoms with van der Waals surface area (Å²) in [4.78, 5) is 11.6. The fraction of sp³-hybridized carbons (Fsp3) is 0.417. The molecule has 1 aromatic carbocycles. The number of benzene rings is 1. The molecule has 0 saturated heterocycles. The average Bonchev–Trinajstić information content (AvgIpc) is 3.13. The Hall–Kier alpha value is -1.55. The average molecular weight is 220 g/mol. The first-order valence-corrected chi connectivity index (χ1v) is 5.42. The molecule has 1 fully saturated rings. The normalized spacial score (nSPS) is 14.6. The summed E-state index contributed by atoms with van der Waals surface area (Å²) in [5.41, 5.74) is 7.25. The van der Waals surface area contributed by atoms with Crippen molar-refractivity contribution in [2.45, 2.75) is 19.4 Å². The van der Waals surface area contributed by atoms with Gasteiger partial charge in [0.05, 0.1) is 12.8 Å². The van der Waals surface area contributed by atoms with Crippen molar-refractivity contribution in [3.63, 3.8) is 0 Å². The van der Waals surface area contributed by atoms with Gasteiger partial charge in [0.15, 0.2) is 0 Å². The molecular formula is C12H16N2O2. The molecule has 16 heavy (non-hydrogen) atoms. The molecule has 4 nitrogen and oxygen atoms in total. The number of nitrogens with two attached hydrogens (primary N) is 1. The van der Waals surface area contributed by atoms with Crippen molar-refractivity contribution in [1.29, 1.82) is 0 Å². The monoisotopic (exact) mass is 220 g/mol. The molecule has 3 N–H and O–H groups in total. The van der Waals surface area contributed by atoms with Gasteiger partial charge < -0.3 is 15.8 Å². The van der Waals surface area contributed by atoms with Crippen LogP contribution >= 0.6 is 0 Å². The Kier molecular flexibility index (Phi) is 3.10. The van der Waals surface area contributed by atoms with Gasteiger partial charge in [0.1, 0.15) is 5.75 Å². The Bertz CT molecular complexity index is 400. The van der Waals surface area contributed by atoms with E-state index in [1.807, 2.05) is 18.2 Å². The lowest BCUT2D eigenvalue weighted by molar-refractivity contribution is -0.117. The first-order valence-electron chi connectivity index (χ1n) is 5.42. The molecule has 0 bridgehead atoms. The Morgan fingerprint density at radius 1 is 1.56 bits per heavy atom. The molecule has 0 unspecified atom stereocenters. The van der Waals surface area contributed by atoms with Crippen LogP contribution in [-0.2, 0) is 11.3 Å². The highest BCUT2D eigenvalue weighted by molar-refractivity contribution is 5.95. The van der Waals surface area contributed by atoms with Gasteiger partial charge in [0.2, 0.25) is 5.91 Å². The van der Waals surface area contributed by atoms with Crippen molar-refractivity contribution in [2.75, 3.05) is 12.4 Å². The van der Waals surface area contributed by atoms with Crippen LogP contribution in [0.1, 0.15) is 18.4 Å². The summed E-state index contributed by atoms with van der Waals surface area (Å²) in [7, 11) is 1.59. The van der Waals surface area contributed by atoms with Crippen LogP contribution in [0.2, 0.25) is 0 Å². The van der Waals surface area contributed by atoms with E-state index >= 15 is 0 Å². The number of nitrogens with one attached hydrogen (secondary N) is 1. The molecule has 86 valence electrons. The minimum atomic E-state index is 0.0822. The molecule has 1 aliphatic carbocycles. The second kappa shape index (κ2) is 4.53. The van der Waals surface area contributed by atoms with Crippen LogP contribution in [0.15, 0.2) is 18.2 Å². The second-order valence-corrected chi connectivity index (χ2v) is 4.00. The van der Waals surface area contributed by atoms with E-state index in [0.717, 1.165) is 24.1 Å². The van der Waals surface area contributed by atoms with E-state index in [4.69, 9.17) is 10.5 Å². The highest BCUT2D eigenvalue weighted by Crippen LogP contribution is 2.32. The number of methoxy groups -OCH3 is 1. The van der Waals surface area contributed by atoms with Crippen molar-refractivity contribution in [3.8, 4) is 5.75 Å². The van der Waals surface area contributed by atoms with E-state index in [9.17, 15) is 4.79 Å². The van der Waals surface area contributed by atoms with E-state index in [-0.39, 0.29) is 11.8 Å². The topological polar surface area (TPSA) is 64.3 Å². The molecule has 1 aromatic rings. The van der Waals surface area contributed by atoms with Gasteiger partial charge in [-0.2, -0.15) is 0 Å². The van der Waals surface area contributed by atoms with E-state index in [2.05, 4.69) is 5.32 Å². The van der Waals surface area contributed by atoms with Crippen molar-refractivity contribution in [3.05, 3.63) is 23.8 Å². The lowest BCUT2D eigenvalue weighted by atomic mass is 10.2. The van der Waals surface area contributed by atoms with Gasteiger partial charge >= 0.3 is 0 Å². The molecule has 0 heterocycles. The van der Waals surface area contributed by atoms with Crippen LogP contribution < -0.4 is 15.8 Å². The lowest BCUT2D eigenvalue weighted by Crippen LogP contribution is -2.14.